The molecule has 0 radical (unpaired) electrons. The largest absolute Gasteiger partial charge is 0.480 e. The second-order valence-corrected chi connectivity index (χ2v) is 6.27. The second kappa shape index (κ2) is 8.22. The van der Waals surface area contributed by atoms with Gasteiger partial charge in [-0.25, -0.2) is 4.98 Å². The summed E-state index contributed by atoms with van der Waals surface area (Å²) in [6.07, 6.45) is 3.02. The van der Waals surface area contributed by atoms with Crippen molar-refractivity contribution in [2.45, 2.75) is 12.8 Å². The first-order valence-electron chi connectivity index (χ1n) is 8.40. The van der Waals surface area contributed by atoms with E-state index in [1.165, 1.54) is 14.2 Å². The molecule has 0 saturated heterocycles. The van der Waals surface area contributed by atoms with Crippen LogP contribution in [0.2, 0.25) is 0 Å². The van der Waals surface area contributed by atoms with Crippen LogP contribution in [-0.4, -0.2) is 46.2 Å². The third kappa shape index (κ3) is 3.48. The van der Waals surface area contributed by atoms with Crippen molar-refractivity contribution in [2.24, 2.45) is 5.73 Å². The molecule has 2 aromatic heterocycles. The maximum Gasteiger partial charge on any atom is 0.319 e. The fourth-order valence-electron chi connectivity index (χ4n) is 2.96. The fraction of sp³-hybridized carbons (Fsp3) is 0.278. The Hall–Kier alpha value is -3.20. The number of aryl methyl sites for hydroxylation is 1. The summed E-state index contributed by atoms with van der Waals surface area (Å²) in [6, 6.07) is 3.86. The lowest BCUT2D eigenvalue weighted by atomic mass is 9.94. The molecule has 0 atom stereocenters. The standard InChI is InChI=1S/C18H19ClN6O3/c1-27-17-11(8-22-18(23-17)28-2)12-9(4-3-7-19)5-6-10-13(20)15(16(21)26)25-24-14(10)12/h5-6,8H,3-4,7H2,1-2H3,(H2,20,24)(H2,21,26). The number of anilines is 1. The molecule has 0 spiro atoms. The smallest absolute Gasteiger partial charge is 0.319 e. The summed E-state index contributed by atoms with van der Waals surface area (Å²) in [7, 11) is 2.97. The van der Waals surface area contributed by atoms with Gasteiger partial charge in [-0.1, -0.05) is 12.1 Å². The second-order valence-electron chi connectivity index (χ2n) is 5.89. The number of rotatable bonds is 7. The third-order valence-corrected chi connectivity index (χ3v) is 4.52. The Morgan fingerprint density at radius 2 is 2.00 bits per heavy atom. The lowest BCUT2D eigenvalue weighted by Gasteiger charge is -2.15. The van der Waals surface area contributed by atoms with Gasteiger partial charge >= 0.3 is 6.01 Å². The van der Waals surface area contributed by atoms with Crippen molar-refractivity contribution in [3.63, 3.8) is 0 Å². The van der Waals surface area contributed by atoms with Gasteiger partial charge in [-0.05, 0) is 18.4 Å². The fourth-order valence-corrected chi connectivity index (χ4v) is 3.09. The van der Waals surface area contributed by atoms with Crippen molar-refractivity contribution in [1.82, 2.24) is 20.2 Å². The zero-order chi connectivity index (χ0) is 20.3. The highest BCUT2D eigenvalue weighted by molar-refractivity contribution is 6.17. The highest BCUT2D eigenvalue weighted by atomic mass is 35.5. The molecule has 0 aliphatic carbocycles. The molecule has 3 rings (SSSR count). The number of methoxy groups -OCH3 is 2. The van der Waals surface area contributed by atoms with Gasteiger partial charge in [-0.15, -0.1) is 21.8 Å². The zero-order valence-electron chi connectivity index (χ0n) is 15.4. The van der Waals surface area contributed by atoms with Crippen LogP contribution in [0.4, 0.5) is 5.69 Å². The van der Waals surface area contributed by atoms with Gasteiger partial charge < -0.3 is 20.9 Å². The molecule has 0 aliphatic rings. The average molecular weight is 403 g/mol. The quantitative estimate of drug-likeness (QED) is 0.571. The number of amides is 1. The minimum Gasteiger partial charge on any atom is -0.480 e. The van der Waals surface area contributed by atoms with Gasteiger partial charge in [0.25, 0.3) is 5.91 Å². The summed E-state index contributed by atoms with van der Waals surface area (Å²) in [6.45, 7) is 0. The summed E-state index contributed by atoms with van der Waals surface area (Å²) < 4.78 is 10.5. The van der Waals surface area contributed by atoms with E-state index < -0.39 is 5.91 Å². The number of nitrogens with two attached hydrogens (primary N) is 2. The Balaban J connectivity index is 2.34. The first-order valence-corrected chi connectivity index (χ1v) is 8.94. The summed E-state index contributed by atoms with van der Waals surface area (Å²) >= 11 is 5.88. The molecule has 2 heterocycles. The summed E-state index contributed by atoms with van der Waals surface area (Å²) in [5.41, 5.74) is 14.3. The Kier molecular flexibility index (Phi) is 5.74. The Labute approximate surface area is 166 Å². The Morgan fingerprint density at radius 3 is 2.64 bits per heavy atom. The van der Waals surface area contributed by atoms with Crippen LogP contribution in [0.25, 0.3) is 22.0 Å². The van der Waals surface area contributed by atoms with Crippen LogP contribution in [-0.2, 0) is 6.42 Å². The third-order valence-electron chi connectivity index (χ3n) is 4.25. The predicted octanol–water partition coefficient (Wildman–Crippen LogP) is 1.96. The van der Waals surface area contributed by atoms with E-state index in [1.807, 2.05) is 6.07 Å². The van der Waals surface area contributed by atoms with Gasteiger partial charge in [0.1, 0.15) is 5.52 Å². The molecule has 146 valence electrons. The van der Waals surface area contributed by atoms with Crippen molar-refractivity contribution in [3.05, 3.63) is 29.6 Å². The minimum atomic E-state index is -0.745. The molecule has 0 bridgehead atoms. The van der Waals surface area contributed by atoms with E-state index in [1.54, 1.807) is 12.3 Å². The van der Waals surface area contributed by atoms with E-state index in [0.29, 0.717) is 40.2 Å². The molecule has 0 fully saturated rings. The van der Waals surface area contributed by atoms with Crippen LogP contribution in [0.15, 0.2) is 18.3 Å². The number of benzene rings is 1. The highest BCUT2D eigenvalue weighted by Gasteiger charge is 2.21. The molecule has 3 aromatic rings. The Bertz CT molecular complexity index is 1040. The van der Waals surface area contributed by atoms with Gasteiger partial charge in [0.15, 0.2) is 5.69 Å². The number of halogens is 1. The number of ether oxygens (including phenoxy) is 2. The van der Waals surface area contributed by atoms with E-state index >= 15 is 0 Å². The van der Waals surface area contributed by atoms with Crippen LogP contribution in [0.1, 0.15) is 22.5 Å². The number of hydrogen-bond donors (Lipinski definition) is 2. The van der Waals surface area contributed by atoms with Crippen LogP contribution in [0.5, 0.6) is 11.9 Å². The van der Waals surface area contributed by atoms with Gasteiger partial charge in [-0.2, -0.15) is 4.98 Å². The number of hydrogen-bond acceptors (Lipinski definition) is 8. The number of fused-ring (bicyclic) bond motifs is 1. The van der Waals surface area contributed by atoms with Crippen molar-refractivity contribution >= 4 is 34.1 Å². The average Bonchev–Trinajstić information content (AvgIpc) is 2.71. The molecule has 4 N–H and O–H groups in total. The minimum absolute atomic E-state index is 0.0788. The SMILES string of the molecule is COc1ncc(-c2c(CCCCl)ccc3c(N)c(C(N)=O)nnc23)c(OC)n1. The van der Waals surface area contributed by atoms with E-state index in [4.69, 9.17) is 32.5 Å². The van der Waals surface area contributed by atoms with Crippen LogP contribution >= 0.6 is 11.6 Å². The van der Waals surface area contributed by atoms with Crippen LogP contribution in [0.3, 0.4) is 0 Å². The van der Waals surface area contributed by atoms with Gasteiger partial charge in [0.2, 0.25) is 5.88 Å². The molecular formula is C18H19ClN6O3. The number of aromatic nitrogens is 4. The molecule has 28 heavy (non-hydrogen) atoms. The molecule has 10 heteroatoms. The first-order chi connectivity index (χ1) is 13.5. The number of carbonyl (C=O) groups excluding carboxylic acids is 1. The summed E-state index contributed by atoms with van der Waals surface area (Å²) in [5.74, 6) is 0.0677. The maximum atomic E-state index is 11.6. The monoisotopic (exact) mass is 402 g/mol. The van der Waals surface area contributed by atoms with Crippen molar-refractivity contribution in [3.8, 4) is 23.0 Å². The molecule has 0 aliphatic heterocycles. The normalized spacial score (nSPS) is 10.8. The molecule has 1 aromatic carbocycles. The number of nitrogens with zero attached hydrogens (tertiary/aromatic N) is 4. The van der Waals surface area contributed by atoms with Gasteiger partial charge in [0, 0.05) is 23.0 Å². The van der Waals surface area contributed by atoms with E-state index in [2.05, 4.69) is 20.2 Å². The predicted molar refractivity (Wildman–Crippen MR) is 106 cm³/mol. The topological polar surface area (TPSA) is 139 Å². The summed E-state index contributed by atoms with van der Waals surface area (Å²) in [4.78, 5) is 20.0. The number of alkyl halides is 1. The number of primary amides is 1. The van der Waals surface area contributed by atoms with Crippen LogP contribution in [0, 0.1) is 0 Å². The van der Waals surface area contributed by atoms with Gasteiger partial charge in [0.05, 0.1) is 25.5 Å². The van der Waals surface area contributed by atoms with Gasteiger partial charge in [-0.3, -0.25) is 4.79 Å². The molecule has 9 nitrogen and oxygen atoms in total. The molecular weight excluding hydrogens is 384 g/mol. The number of carbonyl (C=O) groups is 1. The number of nitrogen functional groups attached to an aromatic ring is 1. The van der Waals surface area contributed by atoms with Crippen molar-refractivity contribution < 1.29 is 14.3 Å². The zero-order valence-corrected chi connectivity index (χ0v) is 16.2. The van der Waals surface area contributed by atoms with Crippen LogP contribution < -0.4 is 20.9 Å². The maximum absolute atomic E-state index is 11.6. The first kappa shape index (κ1) is 19.6. The molecule has 0 saturated carbocycles. The van der Waals surface area contributed by atoms with Crippen molar-refractivity contribution in [2.75, 3.05) is 25.8 Å². The highest BCUT2D eigenvalue weighted by Crippen LogP contribution is 2.38. The van der Waals surface area contributed by atoms with E-state index in [9.17, 15) is 4.79 Å². The lowest BCUT2D eigenvalue weighted by molar-refractivity contribution is 0.0996. The van der Waals surface area contributed by atoms with E-state index in [0.717, 1.165) is 12.0 Å². The lowest BCUT2D eigenvalue weighted by Crippen LogP contribution is -2.17. The Morgan fingerprint density at radius 1 is 1.21 bits per heavy atom. The molecule has 0 unspecified atom stereocenters. The van der Waals surface area contributed by atoms with E-state index in [-0.39, 0.29) is 17.4 Å². The van der Waals surface area contributed by atoms with Crippen molar-refractivity contribution in [1.29, 1.82) is 0 Å². The summed E-state index contributed by atoms with van der Waals surface area (Å²) in [5, 5.41) is 8.69. The molecule has 1 amide bonds.